The van der Waals surface area contributed by atoms with Gasteiger partial charge in [-0.3, -0.25) is 4.68 Å². The highest BCUT2D eigenvalue weighted by Gasteiger charge is 2.17. The maximum absolute atomic E-state index is 4.48. The largest absolute Gasteiger partial charge is 0.314 e. The molecule has 0 aromatic carbocycles. The number of nitrogens with zero attached hydrogens (tertiary/aromatic N) is 2. The number of aryl methyl sites for hydroxylation is 2. The highest BCUT2D eigenvalue weighted by Crippen LogP contribution is 2.28. The van der Waals surface area contributed by atoms with Crippen LogP contribution in [0.5, 0.6) is 0 Å². The van der Waals surface area contributed by atoms with E-state index in [1.54, 1.807) is 0 Å². The summed E-state index contributed by atoms with van der Waals surface area (Å²) in [6, 6.07) is 2.85. The van der Waals surface area contributed by atoms with Crippen LogP contribution in [0.2, 0.25) is 0 Å². The van der Waals surface area contributed by atoms with E-state index < -0.39 is 0 Å². The van der Waals surface area contributed by atoms with Crippen molar-refractivity contribution >= 4 is 0 Å². The molecule has 1 unspecified atom stereocenters. The van der Waals surface area contributed by atoms with E-state index >= 15 is 0 Å². The van der Waals surface area contributed by atoms with Gasteiger partial charge in [0.05, 0.1) is 5.69 Å². The molecule has 0 saturated heterocycles. The van der Waals surface area contributed by atoms with Crippen molar-refractivity contribution in [1.29, 1.82) is 0 Å². The van der Waals surface area contributed by atoms with Crippen LogP contribution >= 0.6 is 0 Å². The van der Waals surface area contributed by atoms with Gasteiger partial charge in [0, 0.05) is 25.2 Å². The van der Waals surface area contributed by atoms with Crippen molar-refractivity contribution in [3.8, 4) is 0 Å². The average molecular weight is 291 g/mol. The molecule has 3 heteroatoms. The fourth-order valence-electron chi connectivity index (χ4n) is 3.65. The van der Waals surface area contributed by atoms with Crippen LogP contribution in [0.25, 0.3) is 0 Å². The predicted octanol–water partition coefficient (Wildman–Crippen LogP) is 4.00. The molecule has 3 nitrogen and oxygen atoms in total. The lowest BCUT2D eigenvalue weighted by Crippen LogP contribution is -2.33. The molecule has 1 aromatic heterocycles. The van der Waals surface area contributed by atoms with Gasteiger partial charge in [-0.1, -0.05) is 39.0 Å². The second-order valence-corrected chi connectivity index (χ2v) is 6.84. The molecule has 0 aliphatic heterocycles. The lowest BCUT2D eigenvalue weighted by Gasteiger charge is -2.25. The fourth-order valence-corrected chi connectivity index (χ4v) is 3.65. The Hall–Kier alpha value is -0.830. The van der Waals surface area contributed by atoms with Crippen LogP contribution in [0.1, 0.15) is 69.7 Å². The third kappa shape index (κ3) is 5.46. The van der Waals surface area contributed by atoms with Crippen LogP contribution in [0, 0.1) is 12.8 Å². The van der Waals surface area contributed by atoms with Gasteiger partial charge in [0.1, 0.15) is 0 Å². The molecule has 1 aliphatic rings. The van der Waals surface area contributed by atoms with E-state index in [0.29, 0.717) is 6.04 Å². The molecule has 0 spiro atoms. The van der Waals surface area contributed by atoms with E-state index in [4.69, 9.17) is 0 Å². The standard InChI is InChI=1S/C18H33N3/c1-4-12-19-17(11-10-16-8-6-5-7-9-16)14-18-13-15(2)20-21(18)3/h13,16-17,19H,4-12,14H2,1-3H3. The second-order valence-electron chi connectivity index (χ2n) is 6.84. The van der Waals surface area contributed by atoms with E-state index in [9.17, 15) is 0 Å². The molecule has 1 N–H and O–H groups in total. The normalized spacial score (nSPS) is 18.0. The van der Waals surface area contributed by atoms with Crippen LogP contribution in [0.3, 0.4) is 0 Å². The van der Waals surface area contributed by atoms with Crippen molar-refractivity contribution in [3.05, 3.63) is 17.5 Å². The van der Waals surface area contributed by atoms with Gasteiger partial charge in [0.2, 0.25) is 0 Å². The van der Waals surface area contributed by atoms with Gasteiger partial charge in [0.25, 0.3) is 0 Å². The number of hydrogen-bond acceptors (Lipinski definition) is 2. The summed E-state index contributed by atoms with van der Waals surface area (Å²) in [5.41, 5.74) is 2.50. The zero-order chi connectivity index (χ0) is 15.1. The summed E-state index contributed by atoms with van der Waals surface area (Å²) in [4.78, 5) is 0. The molecule has 21 heavy (non-hydrogen) atoms. The first-order valence-electron chi connectivity index (χ1n) is 8.92. The average Bonchev–Trinajstić information content (AvgIpc) is 2.80. The molecule has 1 heterocycles. The molecular formula is C18H33N3. The Balaban J connectivity index is 1.85. The van der Waals surface area contributed by atoms with Gasteiger partial charge >= 0.3 is 0 Å². The van der Waals surface area contributed by atoms with Crippen molar-refractivity contribution in [1.82, 2.24) is 15.1 Å². The molecular weight excluding hydrogens is 258 g/mol. The van der Waals surface area contributed by atoms with E-state index in [2.05, 4.69) is 42.1 Å². The highest BCUT2D eigenvalue weighted by molar-refractivity contribution is 5.10. The quantitative estimate of drug-likeness (QED) is 0.784. The summed E-state index contributed by atoms with van der Waals surface area (Å²) in [6.45, 7) is 5.46. The van der Waals surface area contributed by atoms with Crippen molar-refractivity contribution in [2.45, 2.75) is 77.7 Å². The minimum Gasteiger partial charge on any atom is -0.314 e. The molecule has 120 valence electrons. The Morgan fingerprint density at radius 3 is 2.71 bits per heavy atom. The van der Waals surface area contributed by atoms with Crippen LogP contribution < -0.4 is 5.32 Å². The Bertz CT molecular complexity index is 405. The summed E-state index contributed by atoms with van der Waals surface area (Å²) < 4.78 is 2.05. The molecule has 2 rings (SSSR count). The summed E-state index contributed by atoms with van der Waals surface area (Å²) in [7, 11) is 2.07. The molecule has 1 aromatic rings. The predicted molar refractivity (Wildman–Crippen MR) is 89.5 cm³/mol. The maximum Gasteiger partial charge on any atom is 0.0596 e. The topological polar surface area (TPSA) is 29.9 Å². The molecule has 0 radical (unpaired) electrons. The minimum absolute atomic E-state index is 0.613. The van der Waals surface area contributed by atoms with E-state index in [-0.39, 0.29) is 0 Å². The van der Waals surface area contributed by atoms with Gasteiger partial charge in [-0.15, -0.1) is 0 Å². The summed E-state index contributed by atoms with van der Waals surface area (Å²) in [5, 5.41) is 8.24. The number of rotatable bonds is 8. The molecule has 1 saturated carbocycles. The Kier molecular flexibility index (Phi) is 6.75. The van der Waals surface area contributed by atoms with E-state index in [1.807, 2.05) is 0 Å². The monoisotopic (exact) mass is 291 g/mol. The SMILES string of the molecule is CCCNC(CCC1CCCCC1)Cc1cc(C)nn1C. The van der Waals surface area contributed by atoms with Crippen LogP contribution in [-0.2, 0) is 13.5 Å². The smallest absolute Gasteiger partial charge is 0.0596 e. The van der Waals surface area contributed by atoms with Crippen molar-refractivity contribution in [2.75, 3.05) is 6.54 Å². The summed E-state index contributed by atoms with van der Waals surface area (Å²) in [5.74, 6) is 0.984. The van der Waals surface area contributed by atoms with Gasteiger partial charge < -0.3 is 5.32 Å². The van der Waals surface area contributed by atoms with Gasteiger partial charge in [-0.05, 0) is 44.7 Å². The Labute approximate surface area is 130 Å². The third-order valence-electron chi connectivity index (χ3n) is 4.89. The molecule has 0 bridgehead atoms. The number of nitrogens with one attached hydrogen (secondary N) is 1. The number of hydrogen-bond donors (Lipinski definition) is 1. The van der Waals surface area contributed by atoms with Crippen LogP contribution in [0.15, 0.2) is 6.07 Å². The maximum atomic E-state index is 4.48. The fraction of sp³-hybridized carbons (Fsp3) is 0.833. The molecule has 0 amide bonds. The first-order valence-corrected chi connectivity index (χ1v) is 8.92. The highest BCUT2D eigenvalue weighted by atomic mass is 15.3. The van der Waals surface area contributed by atoms with E-state index in [1.165, 1.54) is 57.1 Å². The Morgan fingerprint density at radius 2 is 2.10 bits per heavy atom. The summed E-state index contributed by atoms with van der Waals surface area (Å²) in [6.07, 6.45) is 12.3. The molecule has 1 atom stereocenters. The molecule has 1 aliphatic carbocycles. The molecule has 1 fully saturated rings. The van der Waals surface area contributed by atoms with Gasteiger partial charge in [0.15, 0.2) is 0 Å². The zero-order valence-electron chi connectivity index (χ0n) is 14.2. The Morgan fingerprint density at radius 1 is 1.33 bits per heavy atom. The minimum atomic E-state index is 0.613. The van der Waals surface area contributed by atoms with Crippen molar-refractivity contribution < 1.29 is 0 Å². The van der Waals surface area contributed by atoms with Crippen LogP contribution in [0.4, 0.5) is 0 Å². The number of aromatic nitrogens is 2. The van der Waals surface area contributed by atoms with Crippen molar-refractivity contribution in [3.63, 3.8) is 0 Å². The first-order chi connectivity index (χ1) is 10.2. The van der Waals surface area contributed by atoms with Crippen molar-refractivity contribution in [2.24, 2.45) is 13.0 Å². The van der Waals surface area contributed by atoms with Gasteiger partial charge in [-0.25, -0.2) is 0 Å². The van der Waals surface area contributed by atoms with E-state index in [0.717, 1.165) is 24.6 Å². The summed E-state index contributed by atoms with van der Waals surface area (Å²) >= 11 is 0. The zero-order valence-corrected chi connectivity index (χ0v) is 14.2. The second kappa shape index (κ2) is 8.57. The van der Waals surface area contributed by atoms with Crippen LogP contribution in [-0.4, -0.2) is 22.4 Å². The lowest BCUT2D eigenvalue weighted by atomic mass is 9.85. The third-order valence-corrected chi connectivity index (χ3v) is 4.89. The first kappa shape index (κ1) is 16.5. The van der Waals surface area contributed by atoms with Gasteiger partial charge in [-0.2, -0.15) is 5.10 Å². The lowest BCUT2D eigenvalue weighted by molar-refractivity contribution is 0.311.